The molecule has 0 saturated carbocycles. The van der Waals surface area contributed by atoms with Crippen molar-refractivity contribution in [2.75, 3.05) is 20.2 Å². The number of carbonyl (C=O) groups excluding carboxylic acids is 1. The number of rotatable bonds is 2. The molecule has 1 aliphatic heterocycles. The second-order valence-electron chi connectivity index (χ2n) is 3.23. The van der Waals surface area contributed by atoms with E-state index in [0.29, 0.717) is 13.0 Å². The number of halogens is 3. The van der Waals surface area contributed by atoms with Crippen LogP contribution in [0.1, 0.15) is 12.8 Å². The normalized spacial score (nSPS) is 26.9. The molecule has 3 nitrogen and oxygen atoms in total. The highest BCUT2D eigenvalue weighted by Crippen LogP contribution is 2.34. The van der Waals surface area contributed by atoms with Gasteiger partial charge in [-0.15, -0.1) is 12.4 Å². The van der Waals surface area contributed by atoms with Crippen LogP contribution in [0.15, 0.2) is 0 Å². The topological polar surface area (TPSA) is 38.3 Å². The summed E-state index contributed by atoms with van der Waals surface area (Å²) in [4.78, 5) is 11.2. The van der Waals surface area contributed by atoms with E-state index < -0.39 is 17.8 Å². The molecule has 1 fully saturated rings. The van der Waals surface area contributed by atoms with Crippen molar-refractivity contribution in [2.45, 2.75) is 19.3 Å². The number of carbonyl (C=O) groups is 1. The van der Waals surface area contributed by atoms with Crippen molar-refractivity contribution in [1.82, 2.24) is 5.32 Å². The van der Waals surface area contributed by atoms with Gasteiger partial charge < -0.3 is 10.1 Å². The average Bonchev–Trinajstić information content (AvgIpc) is 2.17. The summed E-state index contributed by atoms with van der Waals surface area (Å²) in [6.07, 6.45) is -1.88. The predicted octanol–water partition coefficient (Wildman–Crippen LogP) is 1.22. The zero-order valence-corrected chi connectivity index (χ0v) is 8.70. The highest BCUT2D eigenvalue weighted by molar-refractivity contribution is 5.85. The molecule has 1 heterocycles. The number of esters is 1. The van der Waals surface area contributed by atoms with E-state index in [-0.39, 0.29) is 25.4 Å². The Labute approximate surface area is 87.6 Å². The van der Waals surface area contributed by atoms with E-state index in [2.05, 4.69) is 10.1 Å². The van der Waals surface area contributed by atoms with Gasteiger partial charge in [-0.1, -0.05) is 0 Å². The molecule has 1 unspecified atom stereocenters. The third-order valence-electron chi connectivity index (χ3n) is 2.43. The van der Waals surface area contributed by atoms with Gasteiger partial charge in [-0.3, -0.25) is 4.79 Å². The van der Waals surface area contributed by atoms with Crippen LogP contribution in [-0.2, 0) is 9.53 Å². The highest BCUT2D eigenvalue weighted by Gasteiger charge is 2.48. The second-order valence-corrected chi connectivity index (χ2v) is 3.23. The van der Waals surface area contributed by atoms with Crippen LogP contribution in [0.4, 0.5) is 8.78 Å². The predicted molar refractivity (Wildman–Crippen MR) is 49.8 cm³/mol. The van der Waals surface area contributed by atoms with Gasteiger partial charge in [-0.05, 0) is 19.4 Å². The van der Waals surface area contributed by atoms with Crippen LogP contribution in [-0.4, -0.2) is 32.6 Å². The maximum atomic E-state index is 12.7. The molecule has 0 spiro atoms. The number of piperidine rings is 1. The molecule has 1 aliphatic rings. The van der Waals surface area contributed by atoms with Crippen LogP contribution >= 0.6 is 12.4 Å². The first-order valence-corrected chi connectivity index (χ1v) is 4.21. The Morgan fingerprint density at radius 2 is 2.21 bits per heavy atom. The Morgan fingerprint density at radius 3 is 2.57 bits per heavy atom. The van der Waals surface area contributed by atoms with Crippen LogP contribution in [0.2, 0.25) is 0 Å². The smallest absolute Gasteiger partial charge is 0.318 e. The highest BCUT2D eigenvalue weighted by atomic mass is 35.5. The van der Waals surface area contributed by atoms with Crippen molar-refractivity contribution in [3.05, 3.63) is 0 Å². The average molecular weight is 230 g/mol. The van der Waals surface area contributed by atoms with Crippen molar-refractivity contribution < 1.29 is 18.3 Å². The van der Waals surface area contributed by atoms with Crippen LogP contribution in [0, 0.1) is 5.41 Å². The molecule has 0 radical (unpaired) electrons. The Kier molecular flexibility index (Phi) is 5.29. The zero-order valence-electron chi connectivity index (χ0n) is 7.89. The molecule has 6 heteroatoms. The molecule has 0 amide bonds. The van der Waals surface area contributed by atoms with Gasteiger partial charge in [-0.25, -0.2) is 8.78 Å². The summed E-state index contributed by atoms with van der Waals surface area (Å²) in [6, 6.07) is 0. The molecule has 0 aromatic carbocycles. The first kappa shape index (κ1) is 13.6. The molecule has 84 valence electrons. The van der Waals surface area contributed by atoms with Crippen LogP contribution in [0.25, 0.3) is 0 Å². The first-order valence-electron chi connectivity index (χ1n) is 4.21. The summed E-state index contributed by atoms with van der Waals surface area (Å²) in [5.41, 5.74) is -1.62. The molecule has 0 aliphatic carbocycles. The molecular weight excluding hydrogens is 216 g/mol. The lowest BCUT2D eigenvalue weighted by atomic mass is 9.81. The summed E-state index contributed by atoms with van der Waals surface area (Å²) < 4.78 is 29.7. The van der Waals surface area contributed by atoms with Gasteiger partial charge in [0, 0.05) is 6.54 Å². The van der Waals surface area contributed by atoms with E-state index in [9.17, 15) is 13.6 Å². The molecule has 14 heavy (non-hydrogen) atoms. The minimum Gasteiger partial charge on any atom is -0.468 e. The third-order valence-corrected chi connectivity index (χ3v) is 2.43. The van der Waals surface area contributed by atoms with Crippen molar-refractivity contribution in [3.8, 4) is 0 Å². The van der Waals surface area contributed by atoms with Gasteiger partial charge in [0.05, 0.1) is 7.11 Å². The van der Waals surface area contributed by atoms with Gasteiger partial charge in [0.1, 0.15) is 5.41 Å². The first-order chi connectivity index (χ1) is 6.13. The molecule has 1 atom stereocenters. The summed E-state index contributed by atoms with van der Waals surface area (Å²) in [7, 11) is 1.14. The maximum absolute atomic E-state index is 12.7. The monoisotopic (exact) mass is 229 g/mol. The number of hydrogen-bond acceptors (Lipinski definition) is 3. The molecule has 0 aromatic rings. The number of methoxy groups -OCH3 is 1. The van der Waals surface area contributed by atoms with Crippen molar-refractivity contribution in [3.63, 3.8) is 0 Å². The lowest BCUT2D eigenvalue weighted by molar-refractivity contribution is -0.165. The van der Waals surface area contributed by atoms with E-state index in [1.54, 1.807) is 0 Å². The van der Waals surface area contributed by atoms with Crippen molar-refractivity contribution in [1.29, 1.82) is 0 Å². The fraction of sp³-hybridized carbons (Fsp3) is 0.875. The van der Waals surface area contributed by atoms with Gasteiger partial charge in [-0.2, -0.15) is 0 Å². The second kappa shape index (κ2) is 5.46. The maximum Gasteiger partial charge on any atom is 0.318 e. The van der Waals surface area contributed by atoms with E-state index in [1.165, 1.54) is 0 Å². The van der Waals surface area contributed by atoms with Gasteiger partial charge in [0.15, 0.2) is 0 Å². The largest absolute Gasteiger partial charge is 0.468 e. The fourth-order valence-electron chi connectivity index (χ4n) is 1.58. The van der Waals surface area contributed by atoms with Crippen LogP contribution in [0.3, 0.4) is 0 Å². The summed E-state index contributed by atoms with van der Waals surface area (Å²) >= 11 is 0. The summed E-state index contributed by atoms with van der Waals surface area (Å²) in [5, 5.41) is 2.79. The molecule has 1 rings (SSSR count). The summed E-state index contributed by atoms with van der Waals surface area (Å²) in [6.45, 7) is 0.697. The number of alkyl halides is 2. The zero-order chi connectivity index (χ0) is 9.90. The van der Waals surface area contributed by atoms with Crippen LogP contribution in [0.5, 0.6) is 0 Å². The van der Waals surface area contributed by atoms with E-state index in [4.69, 9.17) is 0 Å². The third kappa shape index (κ3) is 2.33. The van der Waals surface area contributed by atoms with E-state index in [0.717, 1.165) is 7.11 Å². The molecule has 0 bridgehead atoms. The molecular formula is C8H14ClF2NO2. The number of ether oxygens (including phenoxy) is 1. The quantitative estimate of drug-likeness (QED) is 0.724. The van der Waals surface area contributed by atoms with E-state index in [1.807, 2.05) is 0 Å². The minimum atomic E-state index is -2.66. The Hall–Kier alpha value is -0.420. The Balaban J connectivity index is 0.00000169. The fourth-order valence-corrected chi connectivity index (χ4v) is 1.58. The lowest BCUT2D eigenvalue weighted by Crippen LogP contribution is -2.50. The SMILES string of the molecule is COC(=O)C1(C(F)F)CCCNC1.Cl. The minimum absolute atomic E-state index is 0. The Bertz CT molecular complexity index is 196. The van der Waals surface area contributed by atoms with Gasteiger partial charge in [0.25, 0.3) is 6.43 Å². The standard InChI is InChI=1S/C8H13F2NO2.ClH/c1-13-7(12)8(6(9)10)3-2-4-11-5-8;/h6,11H,2-5H2,1H3;1H. The molecule has 0 aromatic heterocycles. The number of hydrogen-bond donors (Lipinski definition) is 1. The lowest BCUT2D eigenvalue weighted by Gasteiger charge is -2.33. The number of nitrogens with one attached hydrogen (secondary N) is 1. The Morgan fingerprint density at radius 1 is 1.57 bits per heavy atom. The van der Waals surface area contributed by atoms with Gasteiger partial charge in [0.2, 0.25) is 0 Å². The van der Waals surface area contributed by atoms with Gasteiger partial charge >= 0.3 is 5.97 Å². The van der Waals surface area contributed by atoms with Crippen molar-refractivity contribution >= 4 is 18.4 Å². The van der Waals surface area contributed by atoms with Crippen molar-refractivity contribution in [2.24, 2.45) is 5.41 Å². The van der Waals surface area contributed by atoms with Crippen LogP contribution < -0.4 is 5.32 Å². The summed E-state index contributed by atoms with van der Waals surface area (Å²) in [5.74, 6) is -0.810. The molecule has 1 N–H and O–H groups in total. The molecule has 1 saturated heterocycles. The van der Waals surface area contributed by atoms with E-state index >= 15 is 0 Å².